The number of unbranched alkanes of at least 4 members (excludes halogenated alkanes) is 3. The summed E-state index contributed by atoms with van der Waals surface area (Å²) in [5, 5.41) is 71.0. The Morgan fingerprint density at radius 3 is 1.81 bits per heavy atom. The summed E-state index contributed by atoms with van der Waals surface area (Å²) >= 11 is 2.88. The molecule has 4 aliphatic rings. The first-order valence-electron chi connectivity index (χ1n) is 29.6. The number of aromatic nitrogens is 6. The number of nitrogens with one attached hydrogen (secondary N) is 2. The number of fused-ring (bicyclic) bond motifs is 1. The van der Waals surface area contributed by atoms with Gasteiger partial charge in [0.1, 0.15) is 91.8 Å². The summed E-state index contributed by atoms with van der Waals surface area (Å²) in [5.41, 5.74) is 53.5. The zero-order chi connectivity index (χ0) is 66.2. The second-order valence-corrected chi connectivity index (χ2v) is 24.7. The number of hydrogen-bond acceptors (Lipinski definition) is 32. The van der Waals surface area contributed by atoms with Crippen molar-refractivity contribution in [3.05, 3.63) is 35.4 Å². The van der Waals surface area contributed by atoms with Gasteiger partial charge in [0, 0.05) is 63.3 Å². The number of rotatable bonds is 33. The molecule has 37 nitrogen and oxygen atoms in total. The van der Waals surface area contributed by atoms with Gasteiger partial charge in [-0.1, -0.05) is 12.8 Å². The third kappa shape index (κ3) is 19.5. The van der Waals surface area contributed by atoms with E-state index in [1.54, 1.807) is 0 Å². The van der Waals surface area contributed by atoms with E-state index in [0.29, 0.717) is 11.5 Å². The molecule has 0 aromatic carbocycles. The number of aliphatic hydroxyl groups is 6. The van der Waals surface area contributed by atoms with Gasteiger partial charge in [-0.3, -0.25) is 28.5 Å². The van der Waals surface area contributed by atoms with Crippen LogP contribution < -0.4 is 67.9 Å². The highest BCUT2D eigenvalue weighted by molar-refractivity contribution is 8.00. The molecular weight excluding hydrogens is 1240 g/mol. The van der Waals surface area contributed by atoms with Crippen LogP contribution in [0.15, 0.2) is 29.7 Å². The van der Waals surface area contributed by atoms with Crippen LogP contribution >= 0.6 is 23.5 Å². The Labute approximate surface area is 530 Å². The predicted molar refractivity (Wildman–Crippen MR) is 325 cm³/mol. The van der Waals surface area contributed by atoms with Crippen LogP contribution in [-0.4, -0.2) is 291 Å². The number of ether oxygens (including phenoxy) is 6. The zero-order valence-electron chi connectivity index (χ0n) is 49.9. The van der Waals surface area contributed by atoms with E-state index in [1.807, 2.05) is 0 Å². The minimum absolute atomic E-state index is 0.0509. The van der Waals surface area contributed by atoms with E-state index < -0.39 is 165 Å². The molecular formula is C52H87N19O18S2. The Morgan fingerprint density at radius 1 is 0.648 bits per heavy atom. The number of carbonyl (C=O) groups excluding carboxylic acids is 5. The van der Waals surface area contributed by atoms with E-state index in [1.165, 1.54) is 53.0 Å². The fourth-order valence-electron chi connectivity index (χ4n) is 10.6. The van der Waals surface area contributed by atoms with Crippen LogP contribution in [0, 0.1) is 0 Å². The van der Waals surface area contributed by atoms with Gasteiger partial charge in [-0.2, -0.15) is 28.5 Å². The molecule has 6 heterocycles. The van der Waals surface area contributed by atoms with Crippen molar-refractivity contribution in [2.24, 2.45) is 40.1 Å². The van der Waals surface area contributed by atoms with Crippen LogP contribution in [0.3, 0.4) is 0 Å². The Balaban J connectivity index is 0.854. The molecule has 3 saturated heterocycles. The van der Waals surface area contributed by atoms with Crippen molar-refractivity contribution in [1.82, 2.24) is 49.5 Å². The van der Waals surface area contributed by atoms with Crippen molar-refractivity contribution < 1.29 is 83.0 Å². The van der Waals surface area contributed by atoms with Crippen LogP contribution in [-0.2, 0) is 65.5 Å². The molecule has 39 heteroatoms. The van der Waals surface area contributed by atoms with E-state index >= 15 is 0 Å². The Kier molecular flexibility index (Phi) is 27.6. The van der Waals surface area contributed by atoms with E-state index in [-0.39, 0.29) is 92.4 Å². The molecule has 3 aromatic heterocycles. The third-order valence-corrected chi connectivity index (χ3v) is 17.9. The lowest BCUT2D eigenvalue weighted by Gasteiger charge is -2.47. The van der Waals surface area contributed by atoms with Gasteiger partial charge >= 0.3 is 5.69 Å². The minimum Gasteiger partial charge on any atom is -0.389 e. The summed E-state index contributed by atoms with van der Waals surface area (Å²) in [6, 6.07) is -3.03. The molecule has 7 rings (SSSR count). The smallest absolute Gasteiger partial charge is 0.349 e. The fraction of sp³-hybridized carbons (Fsp3) is 0.731. The largest absolute Gasteiger partial charge is 0.389 e. The van der Waals surface area contributed by atoms with Crippen molar-refractivity contribution in [2.45, 2.75) is 161 Å². The maximum Gasteiger partial charge on any atom is 0.349 e. The summed E-state index contributed by atoms with van der Waals surface area (Å²) in [6.07, 6.45) is -12.8. The molecule has 1 aliphatic carbocycles. The molecule has 1 saturated carbocycles. The SMILES string of the molecule is NC[C@@H]1O[C@H](O[C@H]2[C@@H](O)[C@H](O[C@@H]3[C@@H](O)[C@H](N)C[C@H](N)[C@H]3O[C@H]3O[C@H](CN)[C@@H](O)[C@H](O)[C@H]3N)O[C@@H]2CSCCCCCCSCC(=O)NCCN(CC(=O)NCCN(CC(N)=O)C(=O)Cn2cnc3c(N)ncnc32)C(=O)Cn2ccc(N)nc2=O)[C@H](N)[C@@H](O)[C@@H]1O. The monoisotopic (exact) mass is 1330 g/mol. The topological polar surface area (TPSA) is 605 Å². The number of primary amides is 1. The van der Waals surface area contributed by atoms with Gasteiger partial charge in [-0.15, -0.1) is 0 Å². The van der Waals surface area contributed by atoms with Crippen LogP contribution in [0.4, 0.5) is 11.6 Å². The van der Waals surface area contributed by atoms with Crippen LogP contribution in [0.2, 0.25) is 0 Å². The summed E-state index contributed by atoms with van der Waals surface area (Å²) < 4.78 is 39.0. The standard InChI is InChI=1S/C52H87N19O18S2/c53-14-26-39(78)41(80)35(59)49(84-26)87-44-25(56)13-24(55)38(77)46(44)89-51-43(82)45(88-50-36(60)42(81)40(79)27(15-54)85-50)28(86-51)20-90-11-3-1-2-4-12-91-21-32(74)63-7-10-69(33(75)18-70-8-5-29(57)67-52(70)83)17-31(73)62-6-9-68(16-30(58)72)34(76)19-71-23-66-37-47(61)64-22-65-48(37)71/h5,8,22-28,35-36,38-46,49-51,77-82H,1-4,6-7,9-21,53-56,59-60H2,(H2,58,72)(H,62,73)(H,63,74)(H2,57,67,83)(H2,61,64,65)/t24-,25+,26-,27+,28-,35-,36-,38+,39-,40-,41-,42-,43-,44-,45-,46-,49-,50-,51+/m1/s1. The van der Waals surface area contributed by atoms with Gasteiger partial charge in [0.25, 0.3) is 0 Å². The van der Waals surface area contributed by atoms with Crippen LogP contribution in [0.1, 0.15) is 32.1 Å². The van der Waals surface area contributed by atoms with Crippen molar-refractivity contribution in [3.8, 4) is 0 Å². The second-order valence-electron chi connectivity index (χ2n) is 22.5. The summed E-state index contributed by atoms with van der Waals surface area (Å²) in [7, 11) is 0. The van der Waals surface area contributed by atoms with Crippen LogP contribution in [0.25, 0.3) is 11.2 Å². The number of amides is 5. The number of aliphatic hydroxyl groups excluding tert-OH is 6. The number of thioether (sulfide) groups is 2. The molecule has 0 radical (unpaired) electrons. The normalized spacial score (nSPS) is 30.9. The highest BCUT2D eigenvalue weighted by Crippen LogP contribution is 2.36. The number of anilines is 2. The van der Waals surface area contributed by atoms with Gasteiger partial charge < -0.3 is 136 Å². The highest BCUT2D eigenvalue weighted by atomic mass is 32.2. The third-order valence-electron chi connectivity index (χ3n) is 15.8. The molecule has 0 bridgehead atoms. The van der Waals surface area contributed by atoms with Gasteiger partial charge in [0.05, 0.1) is 49.5 Å². The zero-order valence-corrected chi connectivity index (χ0v) is 51.5. The lowest BCUT2D eigenvalue weighted by Crippen LogP contribution is -2.68. The van der Waals surface area contributed by atoms with Gasteiger partial charge in [-0.25, -0.2) is 19.7 Å². The van der Waals surface area contributed by atoms with E-state index in [2.05, 4.69) is 30.6 Å². The van der Waals surface area contributed by atoms with Crippen molar-refractivity contribution >= 4 is 75.9 Å². The first kappa shape index (κ1) is 72.8. The molecule has 26 N–H and O–H groups in total. The Morgan fingerprint density at radius 2 is 1.21 bits per heavy atom. The first-order chi connectivity index (χ1) is 43.4. The minimum atomic E-state index is -1.58. The van der Waals surface area contributed by atoms with Crippen molar-refractivity contribution in [3.63, 3.8) is 0 Å². The van der Waals surface area contributed by atoms with E-state index in [9.17, 15) is 59.4 Å². The lowest BCUT2D eigenvalue weighted by atomic mass is 9.84. The Hall–Kier alpha value is -5.64. The quantitative estimate of drug-likeness (QED) is 0.0252. The van der Waals surface area contributed by atoms with Crippen molar-refractivity contribution in [2.75, 3.05) is 86.8 Å². The van der Waals surface area contributed by atoms with E-state index in [0.717, 1.165) is 40.1 Å². The summed E-state index contributed by atoms with van der Waals surface area (Å²) in [5.74, 6) is -1.32. The maximum absolute atomic E-state index is 13.6. The second kappa shape index (κ2) is 34.5. The summed E-state index contributed by atoms with van der Waals surface area (Å²) in [6.45, 7) is -2.63. The molecule has 0 spiro atoms. The lowest BCUT2D eigenvalue weighted by molar-refractivity contribution is -0.306. The molecule has 0 unspecified atom stereocenters. The number of carbonyl (C=O) groups is 5. The molecule has 5 amide bonds. The average molecular weight is 1330 g/mol. The van der Waals surface area contributed by atoms with Gasteiger partial charge in [0.2, 0.25) is 29.5 Å². The first-order valence-corrected chi connectivity index (χ1v) is 31.9. The van der Waals surface area contributed by atoms with Gasteiger partial charge in [-0.05, 0) is 36.8 Å². The number of nitrogens with zero attached hydrogens (tertiary/aromatic N) is 8. The summed E-state index contributed by atoms with van der Waals surface area (Å²) in [4.78, 5) is 95.5. The fourth-order valence-corrected chi connectivity index (χ4v) is 12.6. The molecule has 3 aromatic rings. The number of nitrogen functional groups attached to an aromatic ring is 2. The maximum atomic E-state index is 13.6. The number of hydrogen-bond donors (Lipinski definition) is 17. The number of imidazole rings is 1. The molecule has 3 aliphatic heterocycles. The number of nitrogens with two attached hydrogens (primary N) is 9. The highest BCUT2D eigenvalue weighted by Gasteiger charge is 2.54. The average Bonchev–Trinajstić information content (AvgIpc) is 1.84. The van der Waals surface area contributed by atoms with Crippen molar-refractivity contribution in [1.29, 1.82) is 0 Å². The molecule has 510 valence electrons. The van der Waals surface area contributed by atoms with E-state index in [4.69, 9.17) is 80.0 Å². The van der Waals surface area contributed by atoms with Crippen LogP contribution in [0.5, 0.6) is 0 Å². The molecule has 91 heavy (non-hydrogen) atoms. The predicted octanol–water partition coefficient (Wildman–Crippen LogP) is -10.2. The van der Waals surface area contributed by atoms with Gasteiger partial charge in [0.15, 0.2) is 30.3 Å². The Bertz CT molecular complexity index is 2930. The molecule has 19 atom stereocenters. The molecule has 4 fully saturated rings.